The van der Waals surface area contributed by atoms with Crippen LogP contribution < -0.4 is 10.2 Å². The zero-order valence-corrected chi connectivity index (χ0v) is 12.0. The first-order chi connectivity index (χ1) is 8.61. The second-order valence-corrected chi connectivity index (χ2v) is 5.49. The van der Waals surface area contributed by atoms with Gasteiger partial charge in [0.2, 0.25) is 5.95 Å². The van der Waals surface area contributed by atoms with Gasteiger partial charge in [-0.15, -0.1) is 0 Å². The average Bonchev–Trinajstić information content (AvgIpc) is 2.35. The van der Waals surface area contributed by atoms with Crippen LogP contribution in [0.5, 0.6) is 0 Å². The van der Waals surface area contributed by atoms with Crippen LogP contribution in [0.4, 0.5) is 11.8 Å². The predicted octanol–water partition coefficient (Wildman–Crippen LogP) is 3.04. The standard InChI is InChI=1S/C13H21ClN4/c1-4-15-13-16-7-11(14)12(17-13)18-6-5-9(2)10(3)8-18/h7,9-10H,4-6,8H2,1-3H3,(H,15,16,17). The Morgan fingerprint density at radius 1 is 1.44 bits per heavy atom. The second kappa shape index (κ2) is 5.74. The minimum Gasteiger partial charge on any atom is -0.355 e. The van der Waals surface area contributed by atoms with E-state index in [4.69, 9.17) is 11.6 Å². The van der Waals surface area contributed by atoms with Crippen LogP contribution in [-0.2, 0) is 0 Å². The van der Waals surface area contributed by atoms with Crippen molar-refractivity contribution in [2.24, 2.45) is 11.8 Å². The van der Waals surface area contributed by atoms with Gasteiger partial charge in [-0.05, 0) is 25.2 Å². The summed E-state index contributed by atoms with van der Waals surface area (Å²) in [6, 6.07) is 0. The molecule has 0 bridgehead atoms. The number of hydrogen-bond donors (Lipinski definition) is 1. The quantitative estimate of drug-likeness (QED) is 0.915. The van der Waals surface area contributed by atoms with Gasteiger partial charge >= 0.3 is 0 Å². The molecular formula is C13H21ClN4. The van der Waals surface area contributed by atoms with Crippen LogP contribution in [0.15, 0.2) is 6.20 Å². The highest BCUT2D eigenvalue weighted by molar-refractivity contribution is 6.32. The van der Waals surface area contributed by atoms with Gasteiger partial charge in [0.25, 0.3) is 0 Å². The molecule has 5 heteroatoms. The van der Waals surface area contributed by atoms with Gasteiger partial charge in [0.1, 0.15) is 5.02 Å². The third-order valence-corrected chi connectivity index (χ3v) is 3.96. The number of anilines is 2. The van der Waals surface area contributed by atoms with Crippen LogP contribution in [0.3, 0.4) is 0 Å². The number of hydrogen-bond acceptors (Lipinski definition) is 4. The molecule has 2 atom stereocenters. The van der Waals surface area contributed by atoms with Gasteiger partial charge in [0.15, 0.2) is 5.82 Å². The lowest BCUT2D eigenvalue weighted by Crippen LogP contribution is -2.39. The number of nitrogens with zero attached hydrogens (tertiary/aromatic N) is 3. The topological polar surface area (TPSA) is 41.1 Å². The number of rotatable bonds is 3. The summed E-state index contributed by atoms with van der Waals surface area (Å²) in [7, 11) is 0. The van der Waals surface area contributed by atoms with E-state index >= 15 is 0 Å². The van der Waals surface area contributed by atoms with Gasteiger partial charge in [-0.25, -0.2) is 4.98 Å². The highest BCUT2D eigenvalue weighted by atomic mass is 35.5. The first-order valence-electron chi connectivity index (χ1n) is 6.63. The van der Waals surface area contributed by atoms with Gasteiger partial charge in [0.05, 0.1) is 6.20 Å². The van der Waals surface area contributed by atoms with Crippen molar-refractivity contribution in [3.63, 3.8) is 0 Å². The smallest absolute Gasteiger partial charge is 0.224 e. The molecule has 18 heavy (non-hydrogen) atoms. The van der Waals surface area contributed by atoms with Crippen molar-refractivity contribution in [3.8, 4) is 0 Å². The zero-order valence-electron chi connectivity index (χ0n) is 11.3. The summed E-state index contributed by atoms with van der Waals surface area (Å²) in [5, 5.41) is 3.76. The molecule has 1 aliphatic rings. The molecule has 4 nitrogen and oxygen atoms in total. The van der Waals surface area contributed by atoms with Crippen molar-refractivity contribution in [3.05, 3.63) is 11.2 Å². The van der Waals surface area contributed by atoms with Gasteiger partial charge in [-0.1, -0.05) is 25.4 Å². The largest absolute Gasteiger partial charge is 0.355 e. The number of aromatic nitrogens is 2. The third-order valence-electron chi connectivity index (χ3n) is 3.69. The van der Waals surface area contributed by atoms with Crippen molar-refractivity contribution < 1.29 is 0 Å². The van der Waals surface area contributed by atoms with Gasteiger partial charge in [0, 0.05) is 19.6 Å². The summed E-state index contributed by atoms with van der Waals surface area (Å²) in [5.41, 5.74) is 0. The number of halogens is 1. The van der Waals surface area contributed by atoms with E-state index in [0.29, 0.717) is 16.9 Å². The Kier molecular flexibility index (Phi) is 4.27. The van der Waals surface area contributed by atoms with Crippen LogP contribution in [0, 0.1) is 11.8 Å². The molecule has 1 aromatic rings. The minimum absolute atomic E-state index is 0.637. The van der Waals surface area contributed by atoms with Crippen LogP contribution in [-0.4, -0.2) is 29.6 Å². The molecule has 0 aliphatic carbocycles. The average molecular weight is 269 g/mol. The fourth-order valence-electron chi connectivity index (χ4n) is 2.28. The number of piperidine rings is 1. The molecule has 1 fully saturated rings. The van der Waals surface area contributed by atoms with Crippen molar-refractivity contribution in [1.82, 2.24) is 9.97 Å². The van der Waals surface area contributed by atoms with Crippen LogP contribution in [0.25, 0.3) is 0 Å². The normalized spacial score (nSPS) is 24.1. The van der Waals surface area contributed by atoms with E-state index in [1.165, 1.54) is 6.42 Å². The van der Waals surface area contributed by atoms with Gasteiger partial charge in [-0.2, -0.15) is 4.98 Å². The maximum atomic E-state index is 6.22. The van der Waals surface area contributed by atoms with E-state index < -0.39 is 0 Å². The van der Waals surface area contributed by atoms with Crippen molar-refractivity contribution >= 4 is 23.4 Å². The predicted molar refractivity (Wildman–Crippen MR) is 76.4 cm³/mol. The fraction of sp³-hybridized carbons (Fsp3) is 0.692. The highest BCUT2D eigenvalue weighted by Gasteiger charge is 2.25. The minimum atomic E-state index is 0.637. The van der Waals surface area contributed by atoms with E-state index in [1.54, 1.807) is 6.20 Å². The summed E-state index contributed by atoms with van der Waals surface area (Å²) in [4.78, 5) is 11.0. The van der Waals surface area contributed by atoms with E-state index in [9.17, 15) is 0 Å². The first-order valence-corrected chi connectivity index (χ1v) is 7.01. The summed E-state index contributed by atoms with van der Waals surface area (Å²) in [5.74, 6) is 2.96. The summed E-state index contributed by atoms with van der Waals surface area (Å²) in [6.07, 6.45) is 2.88. The zero-order chi connectivity index (χ0) is 13.1. The lowest BCUT2D eigenvalue weighted by atomic mass is 9.89. The Morgan fingerprint density at radius 3 is 2.89 bits per heavy atom. The highest BCUT2D eigenvalue weighted by Crippen LogP contribution is 2.30. The van der Waals surface area contributed by atoms with E-state index in [1.807, 2.05) is 6.92 Å². The van der Waals surface area contributed by atoms with Crippen LogP contribution in [0.1, 0.15) is 27.2 Å². The monoisotopic (exact) mass is 268 g/mol. The van der Waals surface area contributed by atoms with Crippen LogP contribution in [0.2, 0.25) is 5.02 Å². The molecule has 1 aliphatic heterocycles. The Bertz CT molecular complexity index is 410. The Morgan fingerprint density at radius 2 is 2.22 bits per heavy atom. The van der Waals surface area contributed by atoms with Crippen molar-refractivity contribution in [2.45, 2.75) is 27.2 Å². The number of nitrogens with one attached hydrogen (secondary N) is 1. The van der Waals surface area contributed by atoms with E-state index in [2.05, 4.69) is 34.0 Å². The fourth-order valence-corrected chi connectivity index (χ4v) is 2.49. The molecular weight excluding hydrogens is 248 g/mol. The molecule has 0 radical (unpaired) electrons. The Hall–Kier alpha value is -1.03. The molecule has 100 valence electrons. The van der Waals surface area contributed by atoms with Crippen molar-refractivity contribution in [2.75, 3.05) is 29.9 Å². The maximum absolute atomic E-state index is 6.22. The Balaban J connectivity index is 2.19. The first kappa shape index (κ1) is 13.4. The lowest BCUT2D eigenvalue weighted by molar-refractivity contribution is 0.323. The van der Waals surface area contributed by atoms with Gasteiger partial charge in [-0.3, -0.25) is 0 Å². The molecule has 2 rings (SSSR count). The molecule has 1 aromatic heterocycles. The molecule has 1 N–H and O–H groups in total. The molecule has 2 unspecified atom stereocenters. The molecule has 0 spiro atoms. The second-order valence-electron chi connectivity index (χ2n) is 5.08. The molecule has 0 amide bonds. The lowest BCUT2D eigenvalue weighted by Gasteiger charge is -2.36. The van der Waals surface area contributed by atoms with E-state index in [0.717, 1.165) is 31.4 Å². The molecule has 0 aromatic carbocycles. The summed E-state index contributed by atoms with van der Waals surface area (Å²) in [6.45, 7) is 9.48. The van der Waals surface area contributed by atoms with Gasteiger partial charge < -0.3 is 10.2 Å². The Labute approximate surface area is 114 Å². The van der Waals surface area contributed by atoms with Crippen LogP contribution >= 0.6 is 11.6 Å². The SMILES string of the molecule is CCNc1ncc(Cl)c(N2CCC(C)C(C)C2)n1. The maximum Gasteiger partial charge on any atom is 0.224 e. The molecule has 1 saturated heterocycles. The van der Waals surface area contributed by atoms with Crippen molar-refractivity contribution in [1.29, 1.82) is 0 Å². The molecule has 0 saturated carbocycles. The summed E-state index contributed by atoms with van der Waals surface area (Å²) < 4.78 is 0. The van der Waals surface area contributed by atoms with E-state index in [-0.39, 0.29) is 0 Å². The third kappa shape index (κ3) is 2.86. The molecule has 2 heterocycles. The summed E-state index contributed by atoms with van der Waals surface area (Å²) >= 11 is 6.22.